The van der Waals surface area contributed by atoms with Crippen LogP contribution in [-0.2, 0) is 0 Å². The van der Waals surface area contributed by atoms with Gasteiger partial charge in [-0.15, -0.1) is 0 Å². The second kappa shape index (κ2) is 14.3. The van der Waals surface area contributed by atoms with E-state index in [4.69, 9.17) is 0 Å². The zero-order valence-corrected chi connectivity index (χ0v) is 17.3. The van der Waals surface area contributed by atoms with Crippen LogP contribution >= 0.6 is 0 Å². The van der Waals surface area contributed by atoms with E-state index in [2.05, 4.69) is 36.2 Å². The molecule has 1 atom stereocenters. The van der Waals surface area contributed by atoms with Gasteiger partial charge in [0.15, 0.2) is 0 Å². The van der Waals surface area contributed by atoms with Crippen molar-refractivity contribution in [1.29, 1.82) is 0 Å². The third kappa shape index (κ3) is 10.9. The number of rotatable bonds is 13. The number of nitrogens with one attached hydrogen (secondary N) is 1. The number of nitrogens with zero attached hydrogens (tertiary/aromatic N) is 1. The van der Waals surface area contributed by atoms with Gasteiger partial charge in [0.2, 0.25) is 0 Å². The fourth-order valence-electron chi connectivity index (χ4n) is 2.78. The molecule has 26 heavy (non-hydrogen) atoms. The summed E-state index contributed by atoms with van der Waals surface area (Å²) < 4.78 is 15.0. The van der Waals surface area contributed by atoms with Gasteiger partial charge in [0.1, 0.15) is 5.67 Å². The summed E-state index contributed by atoms with van der Waals surface area (Å²) in [5.41, 5.74) is 2.10. The van der Waals surface area contributed by atoms with Crippen LogP contribution in [0.5, 0.6) is 0 Å². The van der Waals surface area contributed by atoms with Crippen molar-refractivity contribution in [3.63, 3.8) is 0 Å². The van der Waals surface area contributed by atoms with E-state index < -0.39 is 5.67 Å². The highest BCUT2D eigenvalue weighted by molar-refractivity contribution is 5.28. The Balaban J connectivity index is 5.04. The summed E-state index contributed by atoms with van der Waals surface area (Å²) in [4.78, 5) is 3.75. The topological polar surface area (TPSA) is 24.4 Å². The van der Waals surface area contributed by atoms with Crippen LogP contribution in [0.15, 0.2) is 64.5 Å². The monoisotopic (exact) mass is 360 g/mol. The first-order valence-electron chi connectivity index (χ1n) is 9.56. The molecule has 0 aromatic carbocycles. The molecule has 0 spiro atoms. The van der Waals surface area contributed by atoms with E-state index in [1.165, 1.54) is 11.1 Å². The van der Waals surface area contributed by atoms with E-state index in [9.17, 15) is 4.39 Å². The Bertz CT molecular complexity index is 549. The predicted molar refractivity (Wildman–Crippen MR) is 115 cm³/mol. The maximum atomic E-state index is 15.0. The minimum absolute atomic E-state index is 0.553. The molecule has 0 heterocycles. The highest BCUT2D eigenvalue weighted by Gasteiger charge is 2.27. The maximum Gasteiger partial charge on any atom is 0.129 e. The Kier molecular flexibility index (Phi) is 13.2. The van der Waals surface area contributed by atoms with Gasteiger partial charge in [0.25, 0.3) is 0 Å². The van der Waals surface area contributed by atoms with Gasteiger partial charge in [-0.3, -0.25) is 4.99 Å². The lowest BCUT2D eigenvalue weighted by atomic mass is 9.86. The Labute approximate surface area is 160 Å². The maximum absolute atomic E-state index is 15.0. The number of allylic oxidation sites excluding steroid dienone is 7. The summed E-state index contributed by atoms with van der Waals surface area (Å²) in [5, 5.41) is 3.28. The van der Waals surface area contributed by atoms with Gasteiger partial charge in [0.05, 0.1) is 0 Å². The van der Waals surface area contributed by atoms with E-state index in [1.54, 1.807) is 13.1 Å². The molecule has 3 heteroatoms. The SMILES string of the molecule is C=N/C=C\C=C(\CC/C(C)=C/NC/C=C/C)C/C(=C/C)C(C)(F)CCC. The van der Waals surface area contributed by atoms with Gasteiger partial charge in [-0.1, -0.05) is 48.8 Å². The van der Waals surface area contributed by atoms with Gasteiger partial charge in [-0.2, -0.15) is 0 Å². The second-order valence-corrected chi connectivity index (χ2v) is 6.76. The largest absolute Gasteiger partial charge is 0.387 e. The van der Waals surface area contributed by atoms with Crippen LogP contribution in [0.25, 0.3) is 0 Å². The Morgan fingerprint density at radius 2 is 2.00 bits per heavy atom. The Morgan fingerprint density at radius 3 is 2.58 bits per heavy atom. The van der Waals surface area contributed by atoms with E-state index in [1.807, 2.05) is 45.1 Å². The fraction of sp³-hybridized carbons (Fsp3) is 0.522. The van der Waals surface area contributed by atoms with Gasteiger partial charge in [-0.25, -0.2) is 4.39 Å². The average molecular weight is 361 g/mol. The molecule has 0 aromatic rings. The second-order valence-electron chi connectivity index (χ2n) is 6.76. The molecule has 0 rings (SSSR count). The first-order valence-corrected chi connectivity index (χ1v) is 9.56. The van der Waals surface area contributed by atoms with Crippen molar-refractivity contribution in [2.24, 2.45) is 4.99 Å². The van der Waals surface area contributed by atoms with Crippen LogP contribution in [0.1, 0.15) is 66.7 Å². The summed E-state index contributed by atoms with van der Waals surface area (Å²) in [6, 6.07) is 0. The number of hydrogen-bond donors (Lipinski definition) is 1. The summed E-state index contributed by atoms with van der Waals surface area (Å²) in [6.45, 7) is 14.1. The minimum atomic E-state index is -1.25. The molecular weight excluding hydrogens is 323 g/mol. The zero-order valence-electron chi connectivity index (χ0n) is 17.3. The minimum Gasteiger partial charge on any atom is -0.387 e. The quantitative estimate of drug-likeness (QED) is 0.165. The summed E-state index contributed by atoms with van der Waals surface area (Å²) in [6.07, 6.45) is 17.6. The molecule has 0 saturated carbocycles. The molecule has 0 aromatic heterocycles. The van der Waals surface area contributed by atoms with E-state index >= 15 is 0 Å². The number of aliphatic imine (C=N–C) groups is 1. The molecule has 1 unspecified atom stereocenters. The standard InChI is InChI=1S/C23H37FN2/c1-7-10-17-26-19-20(4)13-14-21(12-11-16-25-6)18-22(9-3)23(5,24)15-8-2/h7,9-12,16,19,26H,6,8,13-15,17-18H2,1-5H3/b10-7+,16-11-,20-19+,21-12-,22-9-. The van der Waals surface area contributed by atoms with Crippen molar-refractivity contribution in [2.75, 3.05) is 6.54 Å². The normalized spacial score (nSPS) is 16.3. The lowest BCUT2D eigenvalue weighted by Crippen LogP contribution is -2.21. The van der Waals surface area contributed by atoms with Crippen molar-refractivity contribution in [3.8, 4) is 0 Å². The van der Waals surface area contributed by atoms with Crippen LogP contribution in [0.3, 0.4) is 0 Å². The van der Waals surface area contributed by atoms with Crippen LogP contribution in [0, 0.1) is 0 Å². The molecule has 0 bridgehead atoms. The number of hydrogen-bond acceptors (Lipinski definition) is 2. The van der Waals surface area contributed by atoms with Crippen molar-refractivity contribution < 1.29 is 4.39 Å². The van der Waals surface area contributed by atoms with Crippen LogP contribution in [-0.4, -0.2) is 18.9 Å². The van der Waals surface area contributed by atoms with E-state index in [0.717, 1.165) is 31.4 Å². The molecule has 0 aliphatic rings. The van der Waals surface area contributed by atoms with Crippen LogP contribution < -0.4 is 5.32 Å². The van der Waals surface area contributed by atoms with Crippen molar-refractivity contribution >= 4 is 6.72 Å². The van der Waals surface area contributed by atoms with Crippen molar-refractivity contribution in [2.45, 2.75) is 72.4 Å². The van der Waals surface area contributed by atoms with E-state index in [-0.39, 0.29) is 0 Å². The van der Waals surface area contributed by atoms with Gasteiger partial charge in [-0.05, 0) is 77.9 Å². The van der Waals surface area contributed by atoms with Gasteiger partial charge in [0, 0.05) is 12.7 Å². The van der Waals surface area contributed by atoms with Gasteiger partial charge < -0.3 is 5.32 Å². The van der Waals surface area contributed by atoms with Crippen molar-refractivity contribution in [3.05, 3.63) is 59.5 Å². The van der Waals surface area contributed by atoms with Crippen LogP contribution in [0.2, 0.25) is 0 Å². The molecule has 0 amide bonds. The molecule has 0 aliphatic carbocycles. The lowest BCUT2D eigenvalue weighted by Gasteiger charge is -2.24. The van der Waals surface area contributed by atoms with Crippen LogP contribution in [0.4, 0.5) is 4.39 Å². The molecule has 0 saturated heterocycles. The van der Waals surface area contributed by atoms with Crippen molar-refractivity contribution in [1.82, 2.24) is 5.32 Å². The molecule has 146 valence electrons. The first kappa shape index (κ1) is 24.1. The lowest BCUT2D eigenvalue weighted by molar-refractivity contribution is 0.217. The molecular formula is C23H37FN2. The first-order chi connectivity index (χ1) is 12.4. The smallest absolute Gasteiger partial charge is 0.129 e. The summed E-state index contributed by atoms with van der Waals surface area (Å²) >= 11 is 0. The predicted octanol–water partition coefficient (Wildman–Crippen LogP) is 6.84. The highest BCUT2D eigenvalue weighted by atomic mass is 19.1. The summed E-state index contributed by atoms with van der Waals surface area (Å²) in [5.74, 6) is 0. The summed E-state index contributed by atoms with van der Waals surface area (Å²) in [7, 11) is 0. The third-order valence-corrected chi connectivity index (χ3v) is 4.34. The third-order valence-electron chi connectivity index (χ3n) is 4.34. The number of alkyl halides is 1. The molecule has 0 fully saturated rings. The van der Waals surface area contributed by atoms with Gasteiger partial charge >= 0.3 is 0 Å². The average Bonchev–Trinajstić information content (AvgIpc) is 2.60. The number of halogens is 1. The molecule has 2 nitrogen and oxygen atoms in total. The fourth-order valence-corrected chi connectivity index (χ4v) is 2.78. The Hall–Kier alpha value is -1.90. The van der Waals surface area contributed by atoms with E-state index in [0.29, 0.717) is 12.8 Å². The molecule has 0 aliphatic heterocycles. The zero-order chi connectivity index (χ0) is 19.8. The molecule has 1 N–H and O–H groups in total. The Morgan fingerprint density at radius 1 is 1.27 bits per heavy atom. The molecule has 0 radical (unpaired) electrons. The highest BCUT2D eigenvalue weighted by Crippen LogP contribution is 2.33.